The van der Waals surface area contributed by atoms with Crippen molar-refractivity contribution in [3.63, 3.8) is 0 Å². The molecule has 0 N–H and O–H groups in total. The molecule has 258 valence electrons. The summed E-state index contributed by atoms with van der Waals surface area (Å²) in [6, 6.07) is 16.4. The van der Waals surface area contributed by atoms with Crippen LogP contribution in [0.25, 0.3) is 0 Å². The Bertz CT molecular complexity index is 1930. The van der Waals surface area contributed by atoms with Crippen LogP contribution in [-0.4, -0.2) is 87.5 Å². The molecule has 3 aliphatic rings. The fourth-order valence-electron chi connectivity index (χ4n) is 7.61. The van der Waals surface area contributed by atoms with Crippen LogP contribution < -0.4 is 13.8 Å². The first-order chi connectivity index (χ1) is 23.7. The zero-order valence-electron chi connectivity index (χ0n) is 27.8. The summed E-state index contributed by atoms with van der Waals surface area (Å²) in [5.41, 5.74) is 0.551. The summed E-state index contributed by atoms with van der Waals surface area (Å²) in [5, 5.41) is 0.371. The molecule has 0 aliphatic carbocycles. The molecule has 2 saturated heterocycles. The molecule has 4 heterocycles. The van der Waals surface area contributed by atoms with E-state index in [1.165, 1.54) is 25.5 Å². The van der Waals surface area contributed by atoms with E-state index < -0.39 is 27.5 Å². The Morgan fingerprint density at radius 3 is 2.37 bits per heavy atom. The first-order valence-electron chi connectivity index (χ1n) is 16.5. The van der Waals surface area contributed by atoms with Crippen molar-refractivity contribution in [2.24, 2.45) is 0 Å². The van der Waals surface area contributed by atoms with Gasteiger partial charge in [0.2, 0.25) is 5.89 Å². The Kier molecular flexibility index (Phi) is 9.18. The third-order valence-corrected chi connectivity index (χ3v) is 12.0. The molecule has 7 rings (SSSR count). The van der Waals surface area contributed by atoms with Crippen molar-refractivity contribution >= 4 is 33.2 Å². The minimum atomic E-state index is -4.41. The molecular formula is C36H40ClN5O6S. The zero-order chi connectivity index (χ0) is 34.3. The highest BCUT2D eigenvalue weighted by Gasteiger charge is 2.62. The Morgan fingerprint density at radius 1 is 0.939 bits per heavy atom. The quantitative estimate of drug-likeness (QED) is 0.216. The van der Waals surface area contributed by atoms with Gasteiger partial charge in [0.05, 0.1) is 37.0 Å². The van der Waals surface area contributed by atoms with Crippen molar-refractivity contribution in [2.45, 2.75) is 42.8 Å². The summed E-state index contributed by atoms with van der Waals surface area (Å²) in [5.74, 6) is 0.761. The van der Waals surface area contributed by atoms with E-state index in [4.69, 9.17) is 25.5 Å². The minimum Gasteiger partial charge on any atom is -0.497 e. The number of amides is 1. The third kappa shape index (κ3) is 5.69. The van der Waals surface area contributed by atoms with E-state index in [1.807, 2.05) is 23.1 Å². The molecule has 3 aromatic carbocycles. The van der Waals surface area contributed by atoms with Gasteiger partial charge in [-0.2, -0.15) is 0 Å². The van der Waals surface area contributed by atoms with E-state index in [0.29, 0.717) is 53.0 Å². The molecule has 0 saturated carbocycles. The van der Waals surface area contributed by atoms with Crippen LogP contribution in [0.5, 0.6) is 11.5 Å². The van der Waals surface area contributed by atoms with Gasteiger partial charge < -0.3 is 18.8 Å². The van der Waals surface area contributed by atoms with E-state index in [0.717, 1.165) is 49.0 Å². The minimum absolute atomic E-state index is 0.0454. The van der Waals surface area contributed by atoms with Crippen molar-refractivity contribution in [1.29, 1.82) is 0 Å². The van der Waals surface area contributed by atoms with Crippen molar-refractivity contribution in [3.05, 3.63) is 101 Å². The van der Waals surface area contributed by atoms with E-state index >= 15 is 4.79 Å². The van der Waals surface area contributed by atoms with E-state index in [-0.39, 0.29) is 10.6 Å². The van der Waals surface area contributed by atoms with Crippen LogP contribution in [0.3, 0.4) is 0 Å². The largest absolute Gasteiger partial charge is 0.497 e. The molecule has 49 heavy (non-hydrogen) atoms. The molecular weight excluding hydrogens is 666 g/mol. The molecule has 3 aliphatic heterocycles. The van der Waals surface area contributed by atoms with Crippen LogP contribution in [0, 0.1) is 0 Å². The van der Waals surface area contributed by atoms with Gasteiger partial charge in [0.1, 0.15) is 17.8 Å². The Labute approximate surface area is 292 Å². The van der Waals surface area contributed by atoms with Crippen LogP contribution in [0.4, 0.5) is 5.69 Å². The first kappa shape index (κ1) is 33.6. The van der Waals surface area contributed by atoms with Crippen LogP contribution in [-0.2, 0) is 26.9 Å². The number of likely N-dealkylation sites (tertiary alicyclic amines) is 1. The number of rotatable bonds is 10. The predicted molar refractivity (Wildman–Crippen MR) is 185 cm³/mol. The summed E-state index contributed by atoms with van der Waals surface area (Å²) in [6.07, 6.45) is 4.48. The van der Waals surface area contributed by atoms with E-state index in [9.17, 15) is 8.42 Å². The lowest BCUT2D eigenvalue weighted by atomic mass is 9.80. The fourth-order valence-corrected chi connectivity index (χ4v) is 9.24. The zero-order valence-corrected chi connectivity index (χ0v) is 29.4. The maximum atomic E-state index is 15.6. The van der Waals surface area contributed by atoms with Gasteiger partial charge in [-0.3, -0.25) is 14.6 Å². The molecule has 2 unspecified atom stereocenters. The molecule has 2 fully saturated rings. The van der Waals surface area contributed by atoms with Crippen molar-refractivity contribution in [1.82, 2.24) is 19.7 Å². The van der Waals surface area contributed by atoms with Gasteiger partial charge in [-0.05, 0) is 79.5 Å². The lowest BCUT2D eigenvalue weighted by molar-refractivity contribution is -0.127. The van der Waals surface area contributed by atoms with Gasteiger partial charge in [-0.15, -0.1) is 0 Å². The van der Waals surface area contributed by atoms with Crippen molar-refractivity contribution in [3.8, 4) is 11.5 Å². The number of carbonyl (C=O) groups is 1. The average molecular weight is 706 g/mol. The van der Waals surface area contributed by atoms with Crippen molar-refractivity contribution < 1.29 is 27.1 Å². The number of hydrogen-bond donors (Lipinski definition) is 0. The normalized spacial score (nSPS) is 22.1. The van der Waals surface area contributed by atoms with Crippen LogP contribution in [0.1, 0.15) is 48.4 Å². The van der Waals surface area contributed by atoms with Crippen LogP contribution in [0.2, 0.25) is 5.02 Å². The second kappa shape index (κ2) is 13.4. The molecule has 13 heteroatoms. The fraction of sp³-hybridized carbons (Fsp3) is 0.389. The highest BCUT2D eigenvalue weighted by molar-refractivity contribution is 7.93. The molecule has 4 aromatic rings. The second-order valence-corrected chi connectivity index (χ2v) is 14.8. The number of nitrogens with zero attached hydrogens (tertiary/aromatic N) is 5. The number of fused-ring (bicyclic) bond motifs is 1. The van der Waals surface area contributed by atoms with Gasteiger partial charge in [0.25, 0.3) is 15.9 Å². The Balaban J connectivity index is 1.44. The maximum absolute atomic E-state index is 15.6. The summed E-state index contributed by atoms with van der Waals surface area (Å²) in [6.45, 7) is 8.13. The van der Waals surface area contributed by atoms with Crippen LogP contribution >= 0.6 is 11.6 Å². The lowest BCUT2D eigenvalue weighted by Gasteiger charge is -2.41. The number of halogens is 1. The monoisotopic (exact) mass is 705 g/mol. The van der Waals surface area contributed by atoms with Gasteiger partial charge in [0, 0.05) is 55.4 Å². The maximum Gasteiger partial charge on any atom is 0.271 e. The van der Waals surface area contributed by atoms with Gasteiger partial charge in [-0.25, -0.2) is 17.7 Å². The number of carbonyl (C=O) groups excluding carboxylic acids is 1. The van der Waals surface area contributed by atoms with E-state index in [2.05, 4.69) is 21.7 Å². The molecule has 2 atom stereocenters. The standard InChI is InChI=1S/C36H40ClN5O6S/c1-4-39-17-19-40(20-18-39)24-25-7-14-33(47-3)30(22-25)36(41-16-5-6-32(41)34-38-15-21-48-34)29-23-26(37)8-13-31(29)42(35(36)43)49(44,45)28-11-9-27(46-2)10-12-28/h7-15,21-23,32H,4-6,16-20,24H2,1-3H3. The molecule has 0 bridgehead atoms. The summed E-state index contributed by atoms with van der Waals surface area (Å²) >= 11 is 6.71. The summed E-state index contributed by atoms with van der Waals surface area (Å²) in [7, 11) is -1.34. The van der Waals surface area contributed by atoms with Crippen LogP contribution in [0.15, 0.2) is 82.4 Å². The highest BCUT2D eigenvalue weighted by Crippen LogP contribution is 2.57. The number of sulfonamides is 1. The third-order valence-electron chi connectivity index (χ3n) is 10.1. The molecule has 1 aromatic heterocycles. The number of methoxy groups -OCH3 is 2. The summed E-state index contributed by atoms with van der Waals surface area (Å²) in [4.78, 5) is 26.9. The molecule has 11 nitrogen and oxygen atoms in total. The van der Waals surface area contributed by atoms with E-state index in [1.54, 1.807) is 43.6 Å². The summed E-state index contributed by atoms with van der Waals surface area (Å²) < 4.78 is 47.3. The predicted octanol–water partition coefficient (Wildman–Crippen LogP) is 5.30. The van der Waals surface area contributed by atoms with Gasteiger partial charge >= 0.3 is 0 Å². The van der Waals surface area contributed by atoms with Crippen molar-refractivity contribution in [2.75, 3.05) is 57.8 Å². The average Bonchev–Trinajstić information content (AvgIpc) is 3.88. The highest BCUT2D eigenvalue weighted by atomic mass is 35.5. The van der Waals surface area contributed by atoms with Gasteiger partial charge in [0.15, 0.2) is 5.54 Å². The number of anilines is 1. The Morgan fingerprint density at radius 2 is 1.69 bits per heavy atom. The lowest BCUT2D eigenvalue weighted by Crippen LogP contribution is -2.54. The van der Waals surface area contributed by atoms with Gasteiger partial charge in [-0.1, -0.05) is 24.6 Å². The smallest absolute Gasteiger partial charge is 0.271 e. The Hall–Kier alpha value is -3.94. The number of hydrogen-bond acceptors (Lipinski definition) is 10. The number of piperazine rings is 1. The topological polar surface area (TPSA) is 109 Å². The molecule has 1 amide bonds. The molecule has 0 spiro atoms. The number of likely N-dealkylation sites (N-methyl/N-ethyl adjacent to an activating group) is 1. The number of oxazole rings is 1. The number of benzene rings is 3. The second-order valence-electron chi connectivity index (χ2n) is 12.6. The number of aromatic nitrogens is 1. The molecule has 0 radical (unpaired) electrons. The SMILES string of the molecule is CCN1CCN(Cc2ccc(OC)c(C3(N4CCCC4c4ncco4)C(=O)N(S(=O)(=O)c4ccc(OC)cc4)c4ccc(Cl)cc43)c2)CC1. The first-order valence-corrected chi connectivity index (χ1v) is 18.4. The number of ether oxygens (including phenoxy) is 2.